The smallest absolute Gasteiger partial charge is 0.404 e. The van der Waals surface area contributed by atoms with E-state index in [2.05, 4.69) is 44.5 Å². The van der Waals surface area contributed by atoms with E-state index in [-0.39, 0.29) is 17.2 Å². The molecule has 0 aromatic rings. The van der Waals surface area contributed by atoms with Gasteiger partial charge in [0.05, 0.1) is 12.1 Å². The third-order valence-corrected chi connectivity index (χ3v) is 8.49. The molecule has 2 atom stereocenters. The molecule has 1 saturated heterocycles. The van der Waals surface area contributed by atoms with Gasteiger partial charge in [-0.25, -0.2) is 4.79 Å². The zero-order chi connectivity index (χ0) is 14.0. The van der Waals surface area contributed by atoms with E-state index in [1.165, 1.54) is 0 Å². The molecule has 0 aromatic carbocycles. The van der Waals surface area contributed by atoms with Gasteiger partial charge in [0.15, 0.2) is 8.32 Å². The molecule has 1 aliphatic rings. The Morgan fingerprint density at radius 3 is 2.56 bits per heavy atom. The van der Waals surface area contributed by atoms with Crippen molar-refractivity contribution in [2.75, 3.05) is 13.1 Å². The Hall–Kier alpha value is -0.593. The fourth-order valence-electron chi connectivity index (χ4n) is 1.83. The van der Waals surface area contributed by atoms with Gasteiger partial charge in [-0.05, 0) is 31.1 Å². The SMILES string of the molecule is CC(C)(C)[Si](C)(C)O[C@H]1CNCC[C@H]1NC(=O)O. The molecular formula is C12H26N2O3Si. The van der Waals surface area contributed by atoms with Crippen LogP contribution in [0.25, 0.3) is 0 Å². The Morgan fingerprint density at radius 2 is 2.06 bits per heavy atom. The van der Waals surface area contributed by atoms with Gasteiger partial charge in [-0.1, -0.05) is 20.8 Å². The maximum absolute atomic E-state index is 10.8. The number of hydrogen-bond donors (Lipinski definition) is 3. The number of piperidine rings is 1. The molecule has 0 unspecified atom stereocenters. The van der Waals surface area contributed by atoms with E-state index in [4.69, 9.17) is 9.53 Å². The van der Waals surface area contributed by atoms with Gasteiger partial charge < -0.3 is 20.2 Å². The Labute approximate surface area is 110 Å². The lowest BCUT2D eigenvalue weighted by Crippen LogP contribution is -2.58. The second kappa shape index (κ2) is 5.58. The van der Waals surface area contributed by atoms with Crippen molar-refractivity contribution < 1.29 is 14.3 Å². The molecule has 0 spiro atoms. The van der Waals surface area contributed by atoms with E-state index in [9.17, 15) is 4.79 Å². The summed E-state index contributed by atoms with van der Waals surface area (Å²) in [5, 5.41) is 14.9. The van der Waals surface area contributed by atoms with Crippen LogP contribution in [0, 0.1) is 0 Å². The lowest BCUT2D eigenvalue weighted by atomic mass is 10.0. The molecule has 6 heteroatoms. The summed E-state index contributed by atoms with van der Waals surface area (Å²) in [5.74, 6) is 0. The maximum Gasteiger partial charge on any atom is 0.404 e. The summed E-state index contributed by atoms with van der Waals surface area (Å²) in [6, 6.07) is -0.0992. The molecule has 1 aliphatic heterocycles. The first kappa shape index (κ1) is 15.5. The molecule has 1 fully saturated rings. The molecule has 1 amide bonds. The standard InChI is InChI=1S/C12H26N2O3Si/c1-12(2,3)18(4,5)17-10-8-13-7-6-9(10)14-11(15)16/h9-10,13-14H,6-8H2,1-5H3,(H,15,16)/t9-,10+/m1/s1. The highest BCUT2D eigenvalue weighted by Gasteiger charge is 2.41. The Kier molecular flexibility index (Phi) is 4.80. The van der Waals surface area contributed by atoms with Crippen LogP contribution in [0.4, 0.5) is 4.79 Å². The summed E-state index contributed by atoms with van der Waals surface area (Å²) in [6.45, 7) is 12.5. The first-order valence-electron chi connectivity index (χ1n) is 6.51. The van der Waals surface area contributed by atoms with Gasteiger partial charge in [-0.3, -0.25) is 0 Å². The number of nitrogens with one attached hydrogen (secondary N) is 2. The van der Waals surface area contributed by atoms with Crippen molar-refractivity contribution in [1.29, 1.82) is 0 Å². The summed E-state index contributed by atoms with van der Waals surface area (Å²) < 4.78 is 6.31. The number of hydrogen-bond acceptors (Lipinski definition) is 3. The zero-order valence-electron chi connectivity index (χ0n) is 12.0. The average Bonchev–Trinajstić information content (AvgIpc) is 2.18. The van der Waals surface area contributed by atoms with Crippen molar-refractivity contribution in [3.05, 3.63) is 0 Å². The first-order valence-corrected chi connectivity index (χ1v) is 9.42. The second-order valence-corrected chi connectivity index (χ2v) is 11.2. The highest BCUT2D eigenvalue weighted by Crippen LogP contribution is 2.37. The van der Waals surface area contributed by atoms with Crippen molar-refractivity contribution in [3.8, 4) is 0 Å². The first-order chi connectivity index (χ1) is 8.13. The minimum atomic E-state index is -1.86. The van der Waals surface area contributed by atoms with Crippen molar-refractivity contribution in [2.45, 2.75) is 57.5 Å². The summed E-state index contributed by atoms with van der Waals surface area (Å²) in [6.07, 6.45) is -0.243. The van der Waals surface area contributed by atoms with Gasteiger partial charge >= 0.3 is 6.09 Å². The predicted octanol–water partition coefficient (Wildman–Crippen LogP) is 2.01. The molecule has 1 rings (SSSR count). The number of carboxylic acid groups (broad SMARTS) is 1. The minimum absolute atomic E-state index is 0.0595. The van der Waals surface area contributed by atoms with Crippen LogP contribution in [0.5, 0.6) is 0 Å². The third-order valence-electron chi connectivity index (χ3n) is 3.99. The monoisotopic (exact) mass is 274 g/mol. The Bertz CT molecular complexity index is 302. The van der Waals surface area contributed by atoms with Crippen molar-refractivity contribution in [2.24, 2.45) is 0 Å². The number of rotatable bonds is 3. The van der Waals surface area contributed by atoms with Crippen molar-refractivity contribution in [1.82, 2.24) is 10.6 Å². The van der Waals surface area contributed by atoms with Crippen molar-refractivity contribution >= 4 is 14.4 Å². The summed E-state index contributed by atoms with van der Waals surface area (Å²) in [4.78, 5) is 10.8. The van der Waals surface area contributed by atoms with Gasteiger partial charge in [-0.15, -0.1) is 0 Å². The lowest BCUT2D eigenvalue weighted by Gasteiger charge is -2.43. The molecule has 0 aliphatic carbocycles. The van der Waals surface area contributed by atoms with Gasteiger partial charge in [-0.2, -0.15) is 0 Å². The van der Waals surface area contributed by atoms with Gasteiger partial charge in [0.25, 0.3) is 0 Å². The van der Waals surface area contributed by atoms with Crippen LogP contribution in [-0.4, -0.2) is 44.8 Å². The van der Waals surface area contributed by atoms with Crippen LogP contribution in [0.1, 0.15) is 27.2 Å². The largest absolute Gasteiger partial charge is 0.465 e. The molecule has 5 nitrogen and oxygen atoms in total. The number of amides is 1. The van der Waals surface area contributed by atoms with Crippen LogP contribution in [0.15, 0.2) is 0 Å². The minimum Gasteiger partial charge on any atom is -0.465 e. The van der Waals surface area contributed by atoms with E-state index < -0.39 is 14.4 Å². The molecule has 0 radical (unpaired) electrons. The normalized spacial score (nSPS) is 25.8. The van der Waals surface area contributed by atoms with Crippen LogP contribution >= 0.6 is 0 Å². The molecule has 3 N–H and O–H groups in total. The summed E-state index contributed by atoms with van der Waals surface area (Å²) in [7, 11) is -1.86. The Balaban J connectivity index is 2.70. The molecule has 18 heavy (non-hydrogen) atoms. The van der Waals surface area contributed by atoms with Gasteiger partial charge in [0.2, 0.25) is 0 Å². The van der Waals surface area contributed by atoms with E-state index in [1.54, 1.807) is 0 Å². The summed E-state index contributed by atoms with van der Waals surface area (Å²) >= 11 is 0. The van der Waals surface area contributed by atoms with Crippen LogP contribution in [0.2, 0.25) is 18.1 Å². The fraction of sp³-hybridized carbons (Fsp3) is 0.917. The number of carbonyl (C=O) groups is 1. The highest BCUT2D eigenvalue weighted by molar-refractivity contribution is 6.74. The van der Waals surface area contributed by atoms with Gasteiger partial charge in [0.1, 0.15) is 0 Å². The van der Waals surface area contributed by atoms with E-state index in [0.717, 1.165) is 19.5 Å². The van der Waals surface area contributed by atoms with Crippen LogP contribution < -0.4 is 10.6 Å². The summed E-state index contributed by atoms with van der Waals surface area (Å²) in [5.41, 5.74) is 0. The average molecular weight is 274 g/mol. The van der Waals surface area contributed by atoms with Crippen LogP contribution in [-0.2, 0) is 4.43 Å². The highest BCUT2D eigenvalue weighted by atomic mass is 28.4. The molecule has 106 valence electrons. The van der Waals surface area contributed by atoms with E-state index in [1.807, 2.05) is 0 Å². The molecule has 0 aromatic heterocycles. The topological polar surface area (TPSA) is 70.6 Å². The maximum atomic E-state index is 10.8. The predicted molar refractivity (Wildman–Crippen MR) is 74.5 cm³/mol. The Morgan fingerprint density at radius 1 is 1.44 bits per heavy atom. The van der Waals surface area contributed by atoms with E-state index in [0.29, 0.717) is 0 Å². The fourth-order valence-corrected chi connectivity index (χ4v) is 3.19. The third kappa shape index (κ3) is 3.96. The second-order valence-electron chi connectivity index (χ2n) is 6.47. The molecular weight excluding hydrogens is 248 g/mol. The van der Waals surface area contributed by atoms with Gasteiger partial charge in [0, 0.05) is 6.54 Å². The molecule has 0 bridgehead atoms. The zero-order valence-corrected chi connectivity index (χ0v) is 13.0. The molecule has 0 saturated carbocycles. The lowest BCUT2D eigenvalue weighted by molar-refractivity contribution is 0.106. The molecule has 1 heterocycles. The quantitative estimate of drug-likeness (QED) is 0.689. The van der Waals surface area contributed by atoms with Crippen molar-refractivity contribution in [3.63, 3.8) is 0 Å². The van der Waals surface area contributed by atoms with Crippen LogP contribution in [0.3, 0.4) is 0 Å². The van der Waals surface area contributed by atoms with E-state index >= 15 is 0 Å².